The Kier molecular flexibility index (Phi) is 5.50. The number of hydrogen-bond donors (Lipinski definition) is 1. The maximum atomic E-state index is 12.6. The van der Waals surface area contributed by atoms with Crippen LogP contribution >= 0.6 is 0 Å². The molecule has 0 aliphatic carbocycles. The Bertz CT molecular complexity index is 924. The summed E-state index contributed by atoms with van der Waals surface area (Å²) in [6.07, 6.45) is -4.39. The average molecular weight is 413 g/mol. The van der Waals surface area contributed by atoms with Crippen molar-refractivity contribution in [3.63, 3.8) is 0 Å². The number of urea groups is 1. The second kappa shape index (κ2) is 7.70. The van der Waals surface area contributed by atoms with Gasteiger partial charge in [0.15, 0.2) is 0 Å². The fraction of sp³-hybridized carbons (Fsp3) is 0.278. The second-order valence-electron chi connectivity index (χ2n) is 6.24. The molecule has 1 fully saturated rings. The van der Waals surface area contributed by atoms with E-state index in [4.69, 9.17) is 0 Å². The van der Waals surface area contributed by atoms with Gasteiger partial charge in [0.2, 0.25) is 0 Å². The van der Waals surface area contributed by atoms with Crippen LogP contribution < -0.4 is 9.62 Å². The first kappa shape index (κ1) is 20.0. The summed E-state index contributed by atoms with van der Waals surface area (Å²) in [6.45, 7) is 1.25. The molecule has 1 heterocycles. The van der Waals surface area contributed by atoms with Gasteiger partial charge in [-0.2, -0.15) is 13.2 Å². The molecule has 0 radical (unpaired) electrons. The second-order valence-corrected chi connectivity index (χ2v) is 7.92. The van der Waals surface area contributed by atoms with Gasteiger partial charge in [-0.05, 0) is 36.4 Å². The zero-order valence-corrected chi connectivity index (χ0v) is 15.5. The number of carbonyl (C=O) groups excluding carboxylic acids is 1. The van der Waals surface area contributed by atoms with Crippen molar-refractivity contribution in [2.24, 2.45) is 0 Å². The first-order chi connectivity index (χ1) is 13.2. The number of rotatable bonds is 3. The van der Waals surface area contributed by atoms with Crippen LogP contribution in [0.15, 0.2) is 59.5 Å². The quantitative estimate of drug-likeness (QED) is 0.840. The summed E-state index contributed by atoms with van der Waals surface area (Å²) in [7, 11) is -3.95. The Balaban J connectivity index is 1.58. The third-order valence-corrected chi connectivity index (χ3v) is 5.74. The highest BCUT2D eigenvalue weighted by atomic mass is 32.2. The van der Waals surface area contributed by atoms with E-state index in [-0.39, 0.29) is 18.0 Å². The average Bonchev–Trinajstić information content (AvgIpc) is 2.68. The minimum absolute atomic E-state index is 0.00765. The molecular formula is C18H18F3N3O3S. The van der Waals surface area contributed by atoms with Crippen molar-refractivity contribution < 1.29 is 26.4 Å². The van der Waals surface area contributed by atoms with Crippen LogP contribution in [0.3, 0.4) is 0 Å². The largest absolute Gasteiger partial charge is 0.416 e. The van der Waals surface area contributed by atoms with Crippen molar-refractivity contribution in [3.8, 4) is 0 Å². The van der Waals surface area contributed by atoms with Crippen LogP contribution in [-0.2, 0) is 16.2 Å². The number of sulfonamides is 1. The number of nitrogens with one attached hydrogen (secondary N) is 1. The van der Waals surface area contributed by atoms with Crippen LogP contribution in [-0.4, -0.2) is 45.5 Å². The summed E-state index contributed by atoms with van der Waals surface area (Å²) in [5, 5.41) is 0. The Labute approximate surface area is 160 Å². The van der Waals surface area contributed by atoms with Crippen molar-refractivity contribution >= 4 is 21.7 Å². The number of amides is 2. The van der Waals surface area contributed by atoms with Crippen molar-refractivity contribution in [3.05, 3.63) is 60.2 Å². The molecule has 0 aromatic heterocycles. The van der Waals surface area contributed by atoms with E-state index in [0.717, 1.165) is 12.1 Å². The normalized spacial score (nSPS) is 15.4. The molecule has 2 amide bonds. The molecule has 10 heteroatoms. The summed E-state index contributed by atoms with van der Waals surface area (Å²) < 4.78 is 64.4. The standard InChI is InChI=1S/C18H18F3N3O3S/c19-18(20,21)14-6-8-15(9-7-14)23-10-12-24(13-11-23)17(25)22-28(26,27)16-4-2-1-3-5-16/h1-9H,10-13H2,(H,22,25). The van der Waals surface area contributed by atoms with Crippen LogP contribution in [0.25, 0.3) is 0 Å². The molecule has 0 atom stereocenters. The van der Waals surface area contributed by atoms with E-state index >= 15 is 0 Å². The lowest BCUT2D eigenvalue weighted by Crippen LogP contribution is -2.52. The summed E-state index contributed by atoms with van der Waals surface area (Å²) >= 11 is 0. The maximum absolute atomic E-state index is 12.6. The third kappa shape index (κ3) is 4.56. The molecule has 150 valence electrons. The van der Waals surface area contributed by atoms with Gasteiger partial charge < -0.3 is 9.80 Å². The van der Waals surface area contributed by atoms with Gasteiger partial charge in [0.25, 0.3) is 10.0 Å². The van der Waals surface area contributed by atoms with E-state index in [0.29, 0.717) is 18.8 Å². The van der Waals surface area contributed by atoms with Gasteiger partial charge in [-0.25, -0.2) is 17.9 Å². The number of hydrogen-bond acceptors (Lipinski definition) is 4. The van der Waals surface area contributed by atoms with E-state index in [9.17, 15) is 26.4 Å². The highest BCUT2D eigenvalue weighted by molar-refractivity contribution is 7.90. The first-order valence-electron chi connectivity index (χ1n) is 8.46. The molecule has 28 heavy (non-hydrogen) atoms. The predicted molar refractivity (Wildman–Crippen MR) is 97.4 cm³/mol. The highest BCUT2D eigenvalue weighted by Gasteiger charge is 2.30. The number of piperazine rings is 1. The monoisotopic (exact) mass is 413 g/mol. The molecule has 1 saturated heterocycles. The molecule has 0 saturated carbocycles. The van der Waals surface area contributed by atoms with Gasteiger partial charge in [-0.15, -0.1) is 0 Å². The Morgan fingerprint density at radius 3 is 2.00 bits per heavy atom. The first-order valence-corrected chi connectivity index (χ1v) is 9.94. The van der Waals surface area contributed by atoms with E-state index in [2.05, 4.69) is 0 Å². The molecule has 1 aliphatic heterocycles. The molecule has 1 N–H and O–H groups in total. The number of halogens is 3. The minimum atomic E-state index is -4.39. The van der Waals surface area contributed by atoms with Crippen LogP contribution in [0.4, 0.5) is 23.7 Å². The van der Waals surface area contributed by atoms with E-state index in [1.807, 2.05) is 9.62 Å². The number of carbonyl (C=O) groups is 1. The Morgan fingerprint density at radius 1 is 0.893 bits per heavy atom. The molecule has 6 nitrogen and oxygen atoms in total. The zero-order chi connectivity index (χ0) is 20.4. The predicted octanol–water partition coefficient (Wildman–Crippen LogP) is 2.93. The van der Waals surface area contributed by atoms with Crippen LogP contribution in [0.2, 0.25) is 0 Å². The van der Waals surface area contributed by atoms with Crippen molar-refractivity contribution in [2.75, 3.05) is 31.1 Å². The molecule has 0 unspecified atom stereocenters. The molecule has 3 rings (SSSR count). The van der Waals surface area contributed by atoms with Crippen LogP contribution in [0, 0.1) is 0 Å². The molecule has 1 aliphatic rings. The lowest BCUT2D eigenvalue weighted by atomic mass is 10.1. The van der Waals surface area contributed by atoms with Crippen LogP contribution in [0.1, 0.15) is 5.56 Å². The van der Waals surface area contributed by atoms with Gasteiger partial charge in [-0.3, -0.25) is 0 Å². The summed E-state index contributed by atoms with van der Waals surface area (Å²) in [5.41, 5.74) is -0.106. The molecule has 2 aromatic rings. The molecule has 0 bridgehead atoms. The summed E-state index contributed by atoms with van der Waals surface area (Å²) in [5.74, 6) is 0. The van der Waals surface area contributed by atoms with Gasteiger partial charge in [0.05, 0.1) is 10.5 Å². The van der Waals surface area contributed by atoms with Crippen molar-refractivity contribution in [2.45, 2.75) is 11.1 Å². The number of alkyl halides is 3. The van der Waals surface area contributed by atoms with Gasteiger partial charge >= 0.3 is 12.2 Å². The third-order valence-electron chi connectivity index (χ3n) is 4.40. The highest BCUT2D eigenvalue weighted by Crippen LogP contribution is 2.30. The fourth-order valence-electron chi connectivity index (χ4n) is 2.87. The van der Waals surface area contributed by atoms with Crippen molar-refractivity contribution in [1.82, 2.24) is 9.62 Å². The van der Waals surface area contributed by atoms with E-state index in [1.54, 1.807) is 18.2 Å². The van der Waals surface area contributed by atoms with Gasteiger partial charge in [-0.1, -0.05) is 18.2 Å². The Hall–Kier alpha value is -2.75. The number of benzene rings is 2. The fourth-order valence-corrected chi connectivity index (χ4v) is 3.86. The van der Waals surface area contributed by atoms with Crippen molar-refractivity contribution in [1.29, 1.82) is 0 Å². The summed E-state index contributed by atoms with van der Waals surface area (Å²) in [4.78, 5) is 15.5. The Morgan fingerprint density at radius 2 is 1.46 bits per heavy atom. The number of nitrogens with zero attached hydrogens (tertiary/aromatic N) is 2. The molecule has 0 spiro atoms. The smallest absolute Gasteiger partial charge is 0.368 e. The zero-order valence-electron chi connectivity index (χ0n) is 14.7. The lowest BCUT2D eigenvalue weighted by Gasteiger charge is -2.36. The topological polar surface area (TPSA) is 69.7 Å². The molecular weight excluding hydrogens is 395 g/mol. The minimum Gasteiger partial charge on any atom is -0.368 e. The van der Waals surface area contributed by atoms with Gasteiger partial charge in [0.1, 0.15) is 0 Å². The van der Waals surface area contributed by atoms with Gasteiger partial charge in [0, 0.05) is 31.9 Å². The number of anilines is 1. The van der Waals surface area contributed by atoms with E-state index in [1.165, 1.54) is 29.2 Å². The van der Waals surface area contributed by atoms with Crippen LogP contribution in [0.5, 0.6) is 0 Å². The maximum Gasteiger partial charge on any atom is 0.416 e. The lowest BCUT2D eigenvalue weighted by molar-refractivity contribution is -0.137. The molecule has 2 aromatic carbocycles. The SMILES string of the molecule is O=C(NS(=O)(=O)c1ccccc1)N1CCN(c2ccc(C(F)(F)F)cc2)CC1. The summed E-state index contributed by atoms with van der Waals surface area (Å²) in [6, 6.07) is 11.6. The van der Waals surface area contributed by atoms with E-state index < -0.39 is 27.8 Å².